The van der Waals surface area contributed by atoms with Crippen molar-refractivity contribution in [2.75, 3.05) is 5.84 Å². The van der Waals surface area contributed by atoms with E-state index < -0.39 is 0 Å². The van der Waals surface area contributed by atoms with E-state index in [9.17, 15) is 0 Å². The first kappa shape index (κ1) is 13.4. The number of aromatic nitrogens is 4. The maximum Gasteiger partial charge on any atom is 0.210 e. The molecule has 0 bridgehead atoms. The molecular weight excluding hydrogens is 298 g/mol. The molecule has 0 spiro atoms. The van der Waals surface area contributed by atoms with Gasteiger partial charge >= 0.3 is 0 Å². The fourth-order valence-corrected chi connectivity index (χ4v) is 3.01. The molecule has 1 aliphatic carbocycles. The lowest BCUT2D eigenvalue weighted by Gasteiger charge is -2.00. The van der Waals surface area contributed by atoms with Crippen LogP contribution in [0.25, 0.3) is 11.3 Å². The van der Waals surface area contributed by atoms with Crippen LogP contribution in [0.3, 0.4) is 0 Å². The predicted octanol–water partition coefficient (Wildman–Crippen LogP) is 2.82. The number of nitrogens with zero attached hydrogens (tertiary/aromatic N) is 4. The second-order valence-electron chi connectivity index (χ2n) is 5.32. The molecule has 0 aliphatic heterocycles. The van der Waals surface area contributed by atoms with Crippen LogP contribution in [0.2, 0.25) is 0 Å². The minimum Gasteiger partial charge on any atom is -0.356 e. The number of hydrogen-bond donors (Lipinski definition) is 1. The zero-order chi connectivity index (χ0) is 14.9. The molecule has 112 valence electrons. The molecule has 0 amide bonds. The average Bonchev–Trinajstić information content (AvgIpc) is 3.16. The van der Waals surface area contributed by atoms with E-state index in [1.165, 1.54) is 11.8 Å². The third-order valence-corrected chi connectivity index (χ3v) is 4.58. The Labute approximate surface area is 131 Å². The maximum atomic E-state index is 6.03. The Kier molecular flexibility index (Phi) is 3.34. The monoisotopic (exact) mass is 313 g/mol. The van der Waals surface area contributed by atoms with Crippen LogP contribution in [-0.4, -0.2) is 20.0 Å². The summed E-state index contributed by atoms with van der Waals surface area (Å²) in [6.45, 7) is 0. The minimum atomic E-state index is 0.489. The molecule has 0 radical (unpaired) electrons. The number of rotatable bonds is 5. The molecule has 0 unspecified atom stereocenters. The van der Waals surface area contributed by atoms with Gasteiger partial charge in [0, 0.05) is 23.3 Å². The summed E-state index contributed by atoms with van der Waals surface area (Å²) in [4.78, 5) is 0. The molecule has 4 rings (SSSR count). The van der Waals surface area contributed by atoms with Gasteiger partial charge in [-0.15, -0.1) is 10.2 Å². The van der Waals surface area contributed by atoms with Gasteiger partial charge in [-0.05, 0) is 12.8 Å². The van der Waals surface area contributed by atoms with Crippen molar-refractivity contribution in [1.82, 2.24) is 20.0 Å². The molecule has 6 nitrogen and oxygen atoms in total. The Hall–Kier alpha value is -2.28. The summed E-state index contributed by atoms with van der Waals surface area (Å²) in [5, 5.41) is 13.1. The maximum absolute atomic E-state index is 6.03. The van der Waals surface area contributed by atoms with Gasteiger partial charge in [-0.3, -0.25) is 0 Å². The fourth-order valence-electron chi connectivity index (χ4n) is 2.26. The standard InChI is InChI=1S/C15H15N5OS/c16-20-14(11-6-7-11)17-18-15(20)22-9-12-8-13(21-19-12)10-4-2-1-3-5-10/h1-5,8,11H,6-7,9,16H2. The molecule has 1 aliphatic rings. The van der Waals surface area contributed by atoms with Gasteiger partial charge in [0.05, 0.1) is 5.69 Å². The predicted molar refractivity (Wildman–Crippen MR) is 83.6 cm³/mol. The van der Waals surface area contributed by atoms with E-state index in [0.29, 0.717) is 16.8 Å². The minimum absolute atomic E-state index is 0.489. The van der Waals surface area contributed by atoms with Crippen LogP contribution in [0.5, 0.6) is 0 Å². The van der Waals surface area contributed by atoms with Crippen LogP contribution in [0.1, 0.15) is 30.3 Å². The number of nitrogens with two attached hydrogens (primary N) is 1. The molecule has 3 aromatic rings. The van der Waals surface area contributed by atoms with E-state index in [1.54, 1.807) is 4.68 Å². The van der Waals surface area contributed by atoms with E-state index in [0.717, 1.165) is 35.7 Å². The van der Waals surface area contributed by atoms with Crippen LogP contribution in [0, 0.1) is 0 Å². The summed E-state index contributed by atoms with van der Waals surface area (Å²) in [7, 11) is 0. The van der Waals surface area contributed by atoms with Gasteiger partial charge in [-0.25, -0.2) is 4.68 Å². The Balaban J connectivity index is 1.45. The Morgan fingerprint density at radius 3 is 2.82 bits per heavy atom. The zero-order valence-corrected chi connectivity index (χ0v) is 12.7. The van der Waals surface area contributed by atoms with Gasteiger partial charge in [0.25, 0.3) is 0 Å². The molecule has 7 heteroatoms. The number of benzene rings is 1. The van der Waals surface area contributed by atoms with E-state index in [2.05, 4.69) is 15.4 Å². The molecular formula is C15H15N5OS. The van der Waals surface area contributed by atoms with Crippen molar-refractivity contribution in [2.45, 2.75) is 29.7 Å². The van der Waals surface area contributed by atoms with Crippen LogP contribution >= 0.6 is 11.8 Å². The van der Waals surface area contributed by atoms with Crippen molar-refractivity contribution in [2.24, 2.45) is 0 Å². The van der Waals surface area contributed by atoms with Crippen molar-refractivity contribution in [1.29, 1.82) is 0 Å². The third-order valence-electron chi connectivity index (χ3n) is 3.60. The summed E-state index contributed by atoms with van der Waals surface area (Å²) < 4.78 is 6.98. The molecule has 1 fully saturated rings. The highest BCUT2D eigenvalue weighted by atomic mass is 32.2. The van der Waals surface area contributed by atoms with Gasteiger partial charge in [0.2, 0.25) is 5.16 Å². The van der Waals surface area contributed by atoms with Crippen LogP contribution in [-0.2, 0) is 5.75 Å². The molecule has 1 saturated carbocycles. The third kappa shape index (κ3) is 2.59. The number of nitrogen functional groups attached to an aromatic ring is 1. The lowest BCUT2D eigenvalue weighted by molar-refractivity contribution is 0.426. The topological polar surface area (TPSA) is 82.8 Å². The second kappa shape index (κ2) is 5.49. The van der Waals surface area contributed by atoms with Crippen molar-refractivity contribution < 1.29 is 4.52 Å². The fraction of sp³-hybridized carbons (Fsp3) is 0.267. The average molecular weight is 313 g/mol. The smallest absolute Gasteiger partial charge is 0.210 e. The largest absolute Gasteiger partial charge is 0.356 e. The highest BCUT2D eigenvalue weighted by Gasteiger charge is 2.29. The second-order valence-corrected chi connectivity index (χ2v) is 6.26. The Morgan fingerprint density at radius 1 is 1.23 bits per heavy atom. The highest BCUT2D eigenvalue weighted by molar-refractivity contribution is 7.98. The SMILES string of the molecule is Nn1c(SCc2cc(-c3ccccc3)on2)nnc1C1CC1. The van der Waals surface area contributed by atoms with Crippen molar-refractivity contribution >= 4 is 11.8 Å². The normalized spacial score (nSPS) is 14.4. The molecule has 2 aromatic heterocycles. The van der Waals surface area contributed by atoms with Gasteiger partial charge in [-0.2, -0.15) is 0 Å². The van der Waals surface area contributed by atoms with Crippen LogP contribution in [0.15, 0.2) is 46.1 Å². The van der Waals surface area contributed by atoms with Crippen LogP contribution < -0.4 is 5.84 Å². The van der Waals surface area contributed by atoms with Crippen LogP contribution in [0.4, 0.5) is 0 Å². The lowest BCUT2D eigenvalue weighted by atomic mass is 10.2. The van der Waals surface area contributed by atoms with Gasteiger partial charge < -0.3 is 10.4 Å². The van der Waals surface area contributed by atoms with Gasteiger partial charge in [-0.1, -0.05) is 47.3 Å². The molecule has 0 atom stereocenters. The summed E-state index contributed by atoms with van der Waals surface area (Å²) in [6, 6.07) is 11.9. The summed E-state index contributed by atoms with van der Waals surface area (Å²) in [5.41, 5.74) is 1.88. The summed E-state index contributed by atoms with van der Waals surface area (Å²) in [6.07, 6.45) is 2.31. The number of hydrogen-bond acceptors (Lipinski definition) is 6. The molecule has 2 N–H and O–H groups in total. The number of thioether (sulfide) groups is 1. The summed E-state index contributed by atoms with van der Waals surface area (Å²) >= 11 is 1.52. The molecule has 1 aromatic carbocycles. The molecule has 0 saturated heterocycles. The van der Waals surface area contributed by atoms with E-state index >= 15 is 0 Å². The van der Waals surface area contributed by atoms with E-state index in [-0.39, 0.29) is 0 Å². The quantitative estimate of drug-likeness (QED) is 0.576. The highest BCUT2D eigenvalue weighted by Crippen LogP contribution is 2.39. The Bertz CT molecular complexity index is 778. The van der Waals surface area contributed by atoms with E-state index in [4.69, 9.17) is 10.4 Å². The molecule has 2 heterocycles. The summed E-state index contributed by atoms with van der Waals surface area (Å²) in [5.74, 6) is 8.82. The zero-order valence-electron chi connectivity index (χ0n) is 11.8. The van der Waals surface area contributed by atoms with Gasteiger partial charge in [0.15, 0.2) is 11.6 Å². The van der Waals surface area contributed by atoms with Crippen molar-refractivity contribution in [3.63, 3.8) is 0 Å². The first-order chi connectivity index (χ1) is 10.8. The Morgan fingerprint density at radius 2 is 2.05 bits per heavy atom. The first-order valence-electron chi connectivity index (χ1n) is 7.15. The van der Waals surface area contributed by atoms with Gasteiger partial charge in [0.1, 0.15) is 0 Å². The van der Waals surface area contributed by atoms with E-state index in [1.807, 2.05) is 36.4 Å². The first-order valence-corrected chi connectivity index (χ1v) is 8.14. The molecule has 22 heavy (non-hydrogen) atoms. The van der Waals surface area contributed by atoms with Crippen molar-refractivity contribution in [3.05, 3.63) is 47.9 Å². The lowest BCUT2D eigenvalue weighted by Crippen LogP contribution is -2.13. The van der Waals surface area contributed by atoms with Crippen molar-refractivity contribution in [3.8, 4) is 11.3 Å².